The zero-order valence-electron chi connectivity index (χ0n) is 9.35. The van der Waals surface area contributed by atoms with Crippen LogP contribution in [0.2, 0.25) is 0 Å². The molecule has 0 aromatic rings. The van der Waals surface area contributed by atoms with Gasteiger partial charge in [-0.05, 0) is 6.92 Å². The van der Waals surface area contributed by atoms with Crippen LogP contribution in [-0.4, -0.2) is 30.2 Å². The Morgan fingerprint density at radius 1 is 1.06 bits per heavy atom. The van der Waals surface area contributed by atoms with E-state index in [-0.39, 0.29) is 6.42 Å². The van der Waals surface area contributed by atoms with Gasteiger partial charge < -0.3 is 4.74 Å². The van der Waals surface area contributed by atoms with Gasteiger partial charge in [0, 0.05) is 6.42 Å². The summed E-state index contributed by atoms with van der Waals surface area (Å²) in [6.45, 7) is 2.20. The molecule has 0 N–H and O–H groups in total. The molecule has 0 radical (unpaired) electrons. The molecule has 0 aliphatic rings. The average molecular weight is 280 g/mol. The summed E-state index contributed by atoms with van der Waals surface area (Å²) in [5.74, 6) is -4.31. The lowest BCUT2D eigenvalue weighted by Gasteiger charge is -2.23. The maximum Gasteiger partial charge on any atom is 0.434 e. The first-order valence-corrected chi connectivity index (χ1v) is 4.77. The van der Waals surface area contributed by atoms with E-state index in [0.29, 0.717) is 0 Å². The fourth-order valence-electron chi connectivity index (χ4n) is 0.975. The van der Waals surface area contributed by atoms with Crippen molar-refractivity contribution in [1.82, 2.24) is 0 Å². The third kappa shape index (κ3) is 4.53. The molecule has 0 fully saturated rings. The highest BCUT2D eigenvalue weighted by atomic mass is 19.4. The van der Waals surface area contributed by atoms with E-state index in [1.807, 2.05) is 0 Å². The van der Waals surface area contributed by atoms with Crippen molar-refractivity contribution in [3.63, 3.8) is 0 Å². The van der Waals surface area contributed by atoms with E-state index in [4.69, 9.17) is 0 Å². The molecule has 0 aliphatic heterocycles. The third-order valence-corrected chi connectivity index (χ3v) is 2.01. The second kappa shape index (κ2) is 5.57. The van der Waals surface area contributed by atoms with Gasteiger partial charge in [-0.1, -0.05) is 6.92 Å². The molecule has 0 spiro atoms. The van der Waals surface area contributed by atoms with Crippen molar-refractivity contribution in [1.29, 1.82) is 0 Å². The third-order valence-electron chi connectivity index (χ3n) is 2.01. The van der Waals surface area contributed by atoms with E-state index in [1.165, 1.54) is 6.92 Å². The van der Waals surface area contributed by atoms with E-state index in [1.54, 1.807) is 0 Å². The standard InChI is InChI=1S/C9H10F6O3/c1-3-5(16)4(2)6(17)18-7(8(10,11)12)9(13,14)15/h4,7H,3H2,1-2H3. The molecule has 0 aromatic carbocycles. The molecule has 106 valence electrons. The smallest absolute Gasteiger partial charge is 0.434 e. The highest BCUT2D eigenvalue weighted by Gasteiger charge is 2.60. The first-order valence-electron chi connectivity index (χ1n) is 4.77. The first-order chi connectivity index (χ1) is 7.91. The summed E-state index contributed by atoms with van der Waals surface area (Å²) in [5.41, 5.74) is 0. The molecule has 1 unspecified atom stereocenters. The zero-order valence-corrected chi connectivity index (χ0v) is 9.35. The van der Waals surface area contributed by atoms with Crippen molar-refractivity contribution < 1.29 is 40.7 Å². The Bertz CT molecular complexity index is 305. The van der Waals surface area contributed by atoms with Crippen LogP contribution < -0.4 is 0 Å². The van der Waals surface area contributed by atoms with Gasteiger partial charge in [-0.15, -0.1) is 0 Å². The summed E-state index contributed by atoms with van der Waals surface area (Å²) in [5, 5.41) is 0. The van der Waals surface area contributed by atoms with E-state index in [2.05, 4.69) is 4.74 Å². The Balaban J connectivity index is 4.92. The molecular formula is C9H10F6O3. The van der Waals surface area contributed by atoms with Crippen molar-refractivity contribution in [3.05, 3.63) is 0 Å². The monoisotopic (exact) mass is 280 g/mol. The Labute approximate surface area is 98.1 Å². The number of carbonyl (C=O) groups excluding carboxylic acids is 2. The number of hydrogen-bond acceptors (Lipinski definition) is 3. The minimum Gasteiger partial charge on any atom is -0.442 e. The molecule has 18 heavy (non-hydrogen) atoms. The van der Waals surface area contributed by atoms with Crippen LogP contribution in [0.3, 0.4) is 0 Å². The molecule has 1 atom stereocenters. The number of rotatable bonds is 4. The van der Waals surface area contributed by atoms with Crippen LogP contribution in [0, 0.1) is 5.92 Å². The van der Waals surface area contributed by atoms with Crippen LogP contribution in [-0.2, 0) is 14.3 Å². The lowest BCUT2D eigenvalue weighted by Crippen LogP contribution is -2.46. The lowest BCUT2D eigenvalue weighted by atomic mass is 10.1. The summed E-state index contributed by atoms with van der Waals surface area (Å²) >= 11 is 0. The summed E-state index contributed by atoms with van der Waals surface area (Å²) in [4.78, 5) is 22.0. The number of Topliss-reactive ketones (excluding diaryl/α,β-unsaturated/α-hetero) is 1. The highest BCUT2D eigenvalue weighted by molar-refractivity contribution is 5.98. The predicted octanol–water partition coefficient (Wildman–Crippen LogP) is 2.64. The number of ketones is 1. The molecule has 0 aromatic heterocycles. The number of alkyl halides is 6. The average Bonchev–Trinajstić information content (AvgIpc) is 2.19. The summed E-state index contributed by atoms with van der Waals surface area (Å²) in [6.07, 6.45) is -16.0. The number of carbonyl (C=O) groups is 2. The van der Waals surface area contributed by atoms with Gasteiger partial charge in [0.05, 0.1) is 0 Å². The second-order valence-electron chi connectivity index (χ2n) is 3.44. The fraction of sp³-hybridized carbons (Fsp3) is 0.778. The van der Waals surface area contributed by atoms with E-state index >= 15 is 0 Å². The van der Waals surface area contributed by atoms with Crippen LogP contribution in [0.1, 0.15) is 20.3 Å². The van der Waals surface area contributed by atoms with Crippen molar-refractivity contribution >= 4 is 11.8 Å². The van der Waals surface area contributed by atoms with Crippen molar-refractivity contribution in [2.45, 2.75) is 38.7 Å². The molecule has 0 saturated carbocycles. The summed E-state index contributed by atoms with van der Waals surface area (Å²) in [7, 11) is 0. The topological polar surface area (TPSA) is 43.4 Å². The van der Waals surface area contributed by atoms with Gasteiger partial charge in [0.15, 0.2) is 0 Å². The Kier molecular flexibility index (Phi) is 5.18. The van der Waals surface area contributed by atoms with Crippen molar-refractivity contribution in [3.8, 4) is 0 Å². The minimum absolute atomic E-state index is 0.195. The van der Waals surface area contributed by atoms with Gasteiger partial charge in [0.1, 0.15) is 11.7 Å². The van der Waals surface area contributed by atoms with E-state index in [0.717, 1.165) is 6.92 Å². The Hall–Kier alpha value is -1.28. The van der Waals surface area contributed by atoms with Gasteiger partial charge in [-0.3, -0.25) is 9.59 Å². The molecule has 0 saturated heterocycles. The number of halogens is 6. The second-order valence-corrected chi connectivity index (χ2v) is 3.44. The molecular weight excluding hydrogens is 270 g/mol. The van der Waals surface area contributed by atoms with Gasteiger partial charge >= 0.3 is 18.3 Å². The van der Waals surface area contributed by atoms with Crippen LogP contribution in [0.5, 0.6) is 0 Å². The van der Waals surface area contributed by atoms with E-state index in [9.17, 15) is 35.9 Å². The molecule has 0 aliphatic carbocycles. The Morgan fingerprint density at radius 3 is 1.72 bits per heavy atom. The summed E-state index contributed by atoms with van der Waals surface area (Å²) in [6, 6.07) is 0. The van der Waals surface area contributed by atoms with Crippen molar-refractivity contribution in [2.75, 3.05) is 0 Å². The van der Waals surface area contributed by atoms with Gasteiger partial charge in [0.25, 0.3) is 6.10 Å². The highest BCUT2D eigenvalue weighted by Crippen LogP contribution is 2.36. The number of hydrogen-bond donors (Lipinski definition) is 0. The van der Waals surface area contributed by atoms with Crippen molar-refractivity contribution in [2.24, 2.45) is 5.92 Å². The first kappa shape index (κ1) is 16.7. The Morgan fingerprint density at radius 2 is 1.44 bits per heavy atom. The number of esters is 1. The van der Waals surface area contributed by atoms with Crippen LogP contribution in [0.4, 0.5) is 26.3 Å². The quantitative estimate of drug-likeness (QED) is 0.451. The largest absolute Gasteiger partial charge is 0.442 e. The maximum absolute atomic E-state index is 12.0. The maximum atomic E-state index is 12.0. The van der Waals surface area contributed by atoms with Crippen LogP contribution in [0.15, 0.2) is 0 Å². The fourth-order valence-corrected chi connectivity index (χ4v) is 0.975. The zero-order chi connectivity index (χ0) is 14.7. The molecule has 0 rings (SSSR count). The SMILES string of the molecule is CCC(=O)C(C)C(=O)OC(C(F)(F)F)C(F)(F)F. The van der Waals surface area contributed by atoms with Gasteiger partial charge in [-0.2, -0.15) is 26.3 Å². The molecule has 0 amide bonds. The molecule has 0 bridgehead atoms. The normalized spacial score (nSPS) is 14.5. The van der Waals surface area contributed by atoms with Gasteiger partial charge in [-0.25, -0.2) is 0 Å². The lowest BCUT2D eigenvalue weighted by molar-refractivity contribution is -0.314. The molecule has 9 heteroatoms. The van der Waals surface area contributed by atoms with E-state index < -0.39 is 36.1 Å². The molecule has 3 nitrogen and oxygen atoms in total. The summed E-state index contributed by atoms with van der Waals surface area (Å²) < 4.78 is 75.6. The van der Waals surface area contributed by atoms with Gasteiger partial charge in [0.2, 0.25) is 0 Å². The predicted molar refractivity (Wildman–Crippen MR) is 46.5 cm³/mol. The molecule has 0 heterocycles. The van der Waals surface area contributed by atoms with Crippen LogP contribution >= 0.6 is 0 Å². The van der Waals surface area contributed by atoms with Crippen LogP contribution in [0.25, 0.3) is 0 Å². The number of ether oxygens (including phenoxy) is 1. The minimum atomic E-state index is -5.77.